The second-order valence-corrected chi connectivity index (χ2v) is 7.70. The lowest BCUT2D eigenvalue weighted by molar-refractivity contribution is 0.123. The van der Waals surface area contributed by atoms with E-state index in [0.29, 0.717) is 12.2 Å². The maximum absolute atomic E-state index is 10.3. The fourth-order valence-electron chi connectivity index (χ4n) is 4.33. The Morgan fingerprint density at radius 2 is 1.50 bits per heavy atom. The van der Waals surface area contributed by atoms with Crippen molar-refractivity contribution in [2.45, 2.75) is 37.8 Å². The quantitative estimate of drug-likeness (QED) is 0.661. The molecule has 144 valence electrons. The first-order chi connectivity index (χ1) is 13.6. The van der Waals surface area contributed by atoms with Crippen molar-refractivity contribution in [1.82, 2.24) is 0 Å². The van der Waals surface area contributed by atoms with Crippen LogP contribution in [0.25, 0.3) is 11.1 Å². The van der Waals surface area contributed by atoms with E-state index >= 15 is 0 Å². The molecule has 3 aromatic carbocycles. The molecule has 2 N–H and O–H groups in total. The van der Waals surface area contributed by atoms with Crippen LogP contribution in [0.2, 0.25) is 0 Å². The molecular formula is C25H27NO2. The van der Waals surface area contributed by atoms with Crippen molar-refractivity contribution in [2.24, 2.45) is 0 Å². The fraction of sp³-hybridized carbons (Fsp3) is 0.280. The molecule has 1 fully saturated rings. The number of benzene rings is 3. The number of aliphatic hydroxyl groups excluding tert-OH is 1. The lowest BCUT2D eigenvalue weighted by Crippen LogP contribution is -2.47. The van der Waals surface area contributed by atoms with Crippen LogP contribution in [0.3, 0.4) is 0 Å². The van der Waals surface area contributed by atoms with Gasteiger partial charge in [0.15, 0.2) is 0 Å². The van der Waals surface area contributed by atoms with E-state index in [4.69, 9.17) is 0 Å². The zero-order valence-corrected chi connectivity index (χ0v) is 16.2. The van der Waals surface area contributed by atoms with Crippen LogP contribution in [0, 0.1) is 0 Å². The van der Waals surface area contributed by atoms with Crippen LogP contribution in [0.5, 0.6) is 5.75 Å². The maximum atomic E-state index is 10.3. The van der Waals surface area contributed by atoms with Crippen LogP contribution in [0.1, 0.15) is 31.2 Å². The Bertz CT molecular complexity index is 907. The number of aliphatic hydroxyl groups is 1. The Hall–Kier alpha value is -2.78. The molecule has 1 aliphatic rings. The largest absolute Gasteiger partial charge is 0.508 e. The van der Waals surface area contributed by atoms with E-state index in [1.165, 1.54) is 16.8 Å². The topological polar surface area (TPSA) is 43.7 Å². The molecule has 28 heavy (non-hydrogen) atoms. The molecule has 1 aliphatic heterocycles. The first-order valence-electron chi connectivity index (χ1n) is 10.0. The van der Waals surface area contributed by atoms with Crippen LogP contribution in [0.4, 0.5) is 5.69 Å². The normalized spacial score (nSPS) is 20.7. The molecule has 0 spiro atoms. The molecule has 0 bridgehead atoms. The van der Waals surface area contributed by atoms with Crippen molar-refractivity contribution in [3.63, 3.8) is 0 Å². The SMILES string of the molecule is CC(c1ccccc1O)C1CC(O)CCN1c1ccc(-c2ccccc2)cc1. The van der Waals surface area contributed by atoms with Crippen molar-refractivity contribution in [2.75, 3.05) is 11.4 Å². The molecule has 3 nitrogen and oxygen atoms in total. The number of hydrogen-bond donors (Lipinski definition) is 2. The third-order valence-corrected chi connectivity index (χ3v) is 5.93. The van der Waals surface area contributed by atoms with Crippen LogP contribution in [0.15, 0.2) is 78.9 Å². The van der Waals surface area contributed by atoms with Crippen LogP contribution >= 0.6 is 0 Å². The first kappa shape index (κ1) is 18.6. The van der Waals surface area contributed by atoms with Gasteiger partial charge in [0.25, 0.3) is 0 Å². The molecule has 0 aliphatic carbocycles. The number of rotatable bonds is 4. The van der Waals surface area contributed by atoms with Gasteiger partial charge in [0, 0.05) is 24.2 Å². The third-order valence-electron chi connectivity index (χ3n) is 5.93. The molecule has 3 atom stereocenters. The summed E-state index contributed by atoms with van der Waals surface area (Å²) in [5, 5.41) is 20.6. The van der Waals surface area contributed by atoms with Crippen molar-refractivity contribution in [3.05, 3.63) is 84.4 Å². The summed E-state index contributed by atoms with van der Waals surface area (Å²) in [6.07, 6.45) is 1.18. The van der Waals surface area contributed by atoms with Gasteiger partial charge in [-0.05, 0) is 47.7 Å². The maximum Gasteiger partial charge on any atom is 0.119 e. The fourth-order valence-corrected chi connectivity index (χ4v) is 4.33. The molecule has 4 rings (SSSR count). The summed E-state index contributed by atoms with van der Waals surface area (Å²) in [7, 11) is 0. The Kier molecular flexibility index (Phi) is 5.36. The van der Waals surface area contributed by atoms with Crippen molar-refractivity contribution in [1.29, 1.82) is 0 Å². The zero-order valence-electron chi connectivity index (χ0n) is 16.2. The molecule has 3 aromatic rings. The van der Waals surface area contributed by atoms with E-state index in [0.717, 1.165) is 18.5 Å². The summed E-state index contributed by atoms with van der Waals surface area (Å²) < 4.78 is 0. The van der Waals surface area contributed by atoms with Crippen molar-refractivity contribution in [3.8, 4) is 16.9 Å². The Labute approximate surface area is 166 Å². The lowest BCUT2D eigenvalue weighted by Gasteiger charge is -2.43. The van der Waals surface area contributed by atoms with Crippen LogP contribution in [-0.2, 0) is 0 Å². The van der Waals surface area contributed by atoms with Gasteiger partial charge in [0.1, 0.15) is 5.75 Å². The minimum atomic E-state index is -0.293. The van der Waals surface area contributed by atoms with Gasteiger partial charge in [-0.25, -0.2) is 0 Å². The zero-order chi connectivity index (χ0) is 19.5. The van der Waals surface area contributed by atoms with Gasteiger partial charge in [-0.15, -0.1) is 0 Å². The van der Waals surface area contributed by atoms with Crippen molar-refractivity contribution >= 4 is 5.69 Å². The van der Waals surface area contributed by atoms with Gasteiger partial charge in [0.2, 0.25) is 0 Å². The number of nitrogens with zero attached hydrogens (tertiary/aromatic N) is 1. The monoisotopic (exact) mass is 373 g/mol. The van der Waals surface area contributed by atoms with E-state index < -0.39 is 0 Å². The molecule has 0 saturated carbocycles. The summed E-state index contributed by atoms with van der Waals surface area (Å²) in [4.78, 5) is 2.39. The van der Waals surface area contributed by atoms with Gasteiger partial charge in [0.05, 0.1) is 6.10 Å². The highest BCUT2D eigenvalue weighted by molar-refractivity contribution is 5.66. The number of aromatic hydroxyl groups is 1. The lowest BCUT2D eigenvalue weighted by atomic mass is 9.84. The Balaban J connectivity index is 1.62. The summed E-state index contributed by atoms with van der Waals surface area (Å²) in [6.45, 7) is 2.96. The molecule has 1 heterocycles. The highest BCUT2D eigenvalue weighted by atomic mass is 16.3. The van der Waals surface area contributed by atoms with E-state index in [1.807, 2.05) is 24.3 Å². The van der Waals surface area contributed by atoms with E-state index in [1.54, 1.807) is 6.07 Å². The molecule has 0 aromatic heterocycles. The van der Waals surface area contributed by atoms with E-state index in [-0.39, 0.29) is 18.1 Å². The third kappa shape index (κ3) is 3.76. The van der Waals surface area contributed by atoms with Gasteiger partial charge in [-0.1, -0.05) is 67.6 Å². The predicted octanol–water partition coefficient (Wildman–Crippen LogP) is 5.19. The van der Waals surface area contributed by atoms with Gasteiger partial charge >= 0.3 is 0 Å². The summed E-state index contributed by atoms with van der Waals surface area (Å²) >= 11 is 0. The van der Waals surface area contributed by atoms with E-state index in [9.17, 15) is 10.2 Å². The summed E-state index contributed by atoms with van der Waals surface area (Å²) in [5.74, 6) is 0.444. The number of hydrogen-bond acceptors (Lipinski definition) is 3. The molecule has 0 amide bonds. The smallest absolute Gasteiger partial charge is 0.119 e. The van der Waals surface area contributed by atoms with Gasteiger partial charge in [-0.3, -0.25) is 0 Å². The van der Waals surface area contributed by atoms with Crippen molar-refractivity contribution < 1.29 is 10.2 Å². The predicted molar refractivity (Wildman–Crippen MR) is 115 cm³/mol. The minimum Gasteiger partial charge on any atom is -0.508 e. The number of phenols is 1. The molecule has 3 unspecified atom stereocenters. The van der Waals surface area contributed by atoms with Crippen LogP contribution in [-0.4, -0.2) is 28.9 Å². The number of phenolic OH excluding ortho intramolecular Hbond substituents is 1. The second kappa shape index (κ2) is 8.07. The second-order valence-electron chi connectivity index (χ2n) is 7.70. The van der Waals surface area contributed by atoms with Gasteiger partial charge in [-0.2, -0.15) is 0 Å². The molecule has 1 saturated heterocycles. The van der Waals surface area contributed by atoms with E-state index in [2.05, 4.69) is 60.4 Å². The number of piperidine rings is 1. The highest BCUT2D eigenvalue weighted by Crippen LogP contribution is 2.37. The highest BCUT2D eigenvalue weighted by Gasteiger charge is 2.33. The van der Waals surface area contributed by atoms with Gasteiger partial charge < -0.3 is 15.1 Å². The Morgan fingerprint density at radius 3 is 2.21 bits per heavy atom. The summed E-state index contributed by atoms with van der Waals surface area (Å²) in [6, 6.07) is 26.7. The minimum absolute atomic E-state index is 0.116. The summed E-state index contributed by atoms with van der Waals surface area (Å²) in [5.41, 5.74) is 4.51. The molecule has 0 radical (unpaired) electrons. The Morgan fingerprint density at radius 1 is 0.857 bits per heavy atom. The first-order valence-corrected chi connectivity index (χ1v) is 10.0. The van der Waals surface area contributed by atoms with Crippen LogP contribution < -0.4 is 4.90 Å². The standard InChI is InChI=1S/C25H27NO2/c1-18(23-9-5-6-10-25(23)28)24-17-22(27)15-16-26(24)21-13-11-20(12-14-21)19-7-3-2-4-8-19/h2-14,18,22,24,27-28H,15-17H2,1H3. The number of anilines is 1. The molecule has 3 heteroatoms. The molecular weight excluding hydrogens is 346 g/mol. The average Bonchev–Trinajstić information content (AvgIpc) is 2.74. The average molecular weight is 373 g/mol. The number of para-hydroxylation sites is 1.